The third-order valence-corrected chi connectivity index (χ3v) is 1.97. The second-order valence-corrected chi connectivity index (χ2v) is 3.17. The number of imidazole rings is 1. The summed E-state index contributed by atoms with van der Waals surface area (Å²) in [4.78, 5) is 6.53. The van der Waals surface area contributed by atoms with Gasteiger partial charge in [-0.1, -0.05) is 12.1 Å². The number of alkyl halides is 3. The quantitative estimate of drug-likeness (QED) is 0.737. The Labute approximate surface area is 88.2 Å². The number of allylic oxidation sites excluding steroid dienone is 1. The molecule has 0 fully saturated rings. The van der Waals surface area contributed by atoms with E-state index in [-0.39, 0.29) is 5.82 Å². The van der Waals surface area contributed by atoms with E-state index in [9.17, 15) is 13.2 Å². The van der Waals surface area contributed by atoms with Gasteiger partial charge in [0, 0.05) is 6.08 Å². The van der Waals surface area contributed by atoms with Gasteiger partial charge in [0.1, 0.15) is 5.82 Å². The Kier molecular flexibility index (Phi) is 2.34. The first kappa shape index (κ1) is 10.5. The van der Waals surface area contributed by atoms with Crippen LogP contribution < -0.4 is 0 Å². The van der Waals surface area contributed by atoms with Crippen LogP contribution in [0.1, 0.15) is 5.82 Å². The van der Waals surface area contributed by atoms with Crippen molar-refractivity contribution in [2.24, 2.45) is 0 Å². The lowest BCUT2D eigenvalue weighted by molar-refractivity contribution is -0.119. The molecule has 84 valence electrons. The molecule has 1 aromatic carbocycles. The molecule has 0 saturated heterocycles. The van der Waals surface area contributed by atoms with E-state index in [0.717, 1.165) is 0 Å². The van der Waals surface area contributed by atoms with E-state index in [1.165, 1.54) is 0 Å². The van der Waals surface area contributed by atoms with Crippen LogP contribution in [0, 0.1) is 0 Å². The smallest absolute Gasteiger partial charge is 0.448 e. The van der Waals surface area contributed by atoms with Gasteiger partial charge in [0.15, 0.2) is 0 Å². The van der Waals surface area contributed by atoms with Gasteiger partial charge < -0.3 is 10.1 Å². The molecule has 3 nitrogen and oxygen atoms in total. The van der Waals surface area contributed by atoms with Crippen molar-refractivity contribution in [1.82, 2.24) is 9.97 Å². The summed E-state index contributed by atoms with van der Waals surface area (Å²) in [5.74, 6) is -1.71. The molecule has 2 aromatic rings. The minimum atomic E-state index is -4.75. The van der Waals surface area contributed by atoms with Crippen LogP contribution >= 0.6 is 0 Å². The second-order valence-electron chi connectivity index (χ2n) is 3.17. The molecule has 0 bridgehead atoms. The Balaban J connectivity index is 2.42. The maximum atomic E-state index is 12.0. The Morgan fingerprint density at radius 3 is 2.62 bits per heavy atom. The van der Waals surface area contributed by atoms with E-state index in [1.54, 1.807) is 24.3 Å². The molecule has 16 heavy (non-hydrogen) atoms. The summed E-state index contributed by atoms with van der Waals surface area (Å²) in [5, 5.41) is 8.74. The highest BCUT2D eigenvalue weighted by Gasteiger charge is 2.33. The van der Waals surface area contributed by atoms with Crippen LogP contribution in [0.5, 0.6) is 0 Å². The summed E-state index contributed by atoms with van der Waals surface area (Å²) >= 11 is 0. The average Bonchev–Trinajstić information content (AvgIpc) is 2.58. The number of nitrogens with zero attached hydrogens (tertiary/aromatic N) is 1. The first-order valence-electron chi connectivity index (χ1n) is 4.39. The number of para-hydroxylation sites is 2. The van der Waals surface area contributed by atoms with E-state index in [0.29, 0.717) is 17.1 Å². The van der Waals surface area contributed by atoms with Crippen molar-refractivity contribution in [3.8, 4) is 0 Å². The number of aliphatic hydroxyl groups is 1. The third kappa shape index (κ3) is 2.00. The van der Waals surface area contributed by atoms with Crippen molar-refractivity contribution in [3.63, 3.8) is 0 Å². The van der Waals surface area contributed by atoms with Crippen LogP contribution in [-0.2, 0) is 0 Å². The normalized spacial score (nSPS) is 13.3. The monoisotopic (exact) mass is 228 g/mol. The average molecular weight is 228 g/mol. The number of aromatic nitrogens is 2. The molecule has 0 spiro atoms. The highest BCUT2D eigenvalue weighted by molar-refractivity contribution is 5.76. The van der Waals surface area contributed by atoms with Gasteiger partial charge in [0.2, 0.25) is 5.76 Å². The van der Waals surface area contributed by atoms with E-state index in [1.807, 2.05) is 0 Å². The van der Waals surface area contributed by atoms with Crippen molar-refractivity contribution >= 4 is 17.1 Å². The topological polar surface area (TPSA) is 48.9 Å². The summed E-state index contributed by atoms with van der Waals surface area (Å²) < 4.78 is 36.1. The van der Waals surface area contributed by atoms with Gasteiger partial charge in [-0.2, -0.15) is 13.2 Å². The van der Waals surface area contributed by atoms with E-state index in [2.05, 4.69) is 9.97 Å². The van der Waals surface area contributed by atoms with Crippen LogP contribution in [0.2, 0.25) is 0 Å². The number of hydrogen-bond donors (Lipinski definition) is 2. The molecule has 6 heteroatoms. The van der Waals surface area contributed by atoms with Crippen molar-refractivity contribution in [3.05, 3.63) is 35.8 Å². The Hall–Kier alpha value is -1.98. The fourth-order valence-electron chi connectivity index (χ4n) is 1.25. The SMILES string of the molecule is O/C(=C/c1nc2ccccc2[nH]1)C(F)(F)F. The largest absolute Gasteiger partial charge is 0.504 e. The van der Waals surface area contributed by atoms with Crippen LogP contribution in [0.3, 0.4) is 0 Å². The molecule has 2 rings (SSSR count). The highest BCUT2D eigenvalue weighted by Crippen LogP contribution is 2.24. The molecule has 0 unspecified atom stereocenters. The second kappa shape index (κ2) is 3.55. The molecule has 0 aliphatic rings. The zero-order valence-electron chi connectivity index (χ0n) is 7.92. The van der Waals surface area contributed by atoms with Crippen LogP contribution in [-0.4, -0.2) is 21.3 Å². The first-order valence-corrected chi connectivity index (χ1v) is 4.39. The first-order chi connectivity index (χ1) is 7.47. The number of H-pyrrole nitrogens is 1. The van der Waals surface area contributed by atoms with Gasteiger partial charge in [0.25, 0.3) is 0 Å². The molecule has 0 aliphatic heterocycles. The standard InChI is InChI=1S/C10H7F3N2O/c11-10(12,13)8(16)5-9-14-6-3-1-2-4-7(6)15-9/h1-5,16H,(H,14,15)/b8-5+. The van der Waals surface area contributed by atoms with Crippen molar-refractivity contribution in [2.75, 3.05) is 0 Å². The minimum Gasteiger partial charge on any atom is -0.504 e. The van der Waals surface area contributed by atoms with Gasteiger partial charge in [0.05, 0.1) is 11.0 Å². The maximum Gasteiger partial charge on any atom is 0.448 e. The number of nitrogens with one attached hydrogen (secondary N) is 1. The van der Waals surface area contributed by atoms with Crippen molar-refractivity contribution < 1.29 is 18.3 Å². The predicted molar refractivity (Wildman–Crippen MR) is 52.8 cm³/mol. The van der Waals surface area contributed by atoms with Crippen molar-refractivity contribution in [1.29, 1.82) is 0 Å². The van der Waals surface area contributed by atoms with Crippen molar-refractivity contribution in [2.45, 2.75) is 6.18 Å². The van der Waals surface area contributed by atoms with E-state index < -0.39 is 11.9 Å². The maximum absolute atomic E-state index is 12.0. The molecule has 0 amide bonds. The summed E-state index contributed by atoms with van der Waals surface area (Å²) in [6, 6.07) is 6.80. The molecule has 0 aliphatic carbocycles. The zero-order chi connectivity index (χ0) is 11.8. The fraction of sp³-hybridized carbons (Fsp3) is 0.100. The lowest BCUT2D eigenvalue weighted by Crippen LogP contribution is -2.10. The van der Waals surface area contributed by atoms with Crippen LogP contribution in [0.25, 0.3) is 17.1 Å². The number of aromatic amines is 1. The molecule has 1 aromatic heterocycles. The molecular weight excluding hydrogens is 221 g/mol. The highest BCUT2D eigenvalue weighted by atomic mass is 19.4. The number of rotatable bonds is 1. The lowest BCUT2D eigenvalue weighted by Gasteiger charge is -2.02. The molecule has 0 atom stereocenters. The summed E-state index contributed by atoms with van der Waals surface area (Å²) in [6.45, 7) is 0. The number of halogens is 3. The summed E-state index contributed by atoms with van der Waals surface area (Å²) in [6.07, 6.45) is -4.20. The molecule has 0 radical (unpaired) electrons. The summed E-state index contributed by atoms with van der Waals surface area (Å²) in [7, 11) is 0. The number of fused-ring (bicyclic) bond motifs is 1. The Morgan fingerprint density at radius 2 is 2.00 bits per heavy atom. The third-order valence-electron chi connectivity index (χ3n) is 1.97. The van der Waals surface area contributed by atoms with E-state index in [4.69, 9.17) is 5.11 Å². The van der Waals surface area contributed by atoms with Gasteiger partial charge in [-0.15, -0.1) is 0 Å². The zero-order valence-corrected chi connectivity index (χ0v) is 7.92. The number of benzene rings is 1. The fourth-order valence-corrected chi connectivity index (χ4v) is 1.25. The Morgan fingerprint density at radius 1 is 1.31 bits per heavy atom. The lowest BCUT2D eigenvalue weighted by atomic mass is 10.3. The van der Waals surface area contributed by atoms with Gasteiger partial charge >= 0.3 is 6.18 Å². The summed E-state index contributed by atoms with van der Waals surface area (Å²) in [5.41, 5.74) is 1.16. The molecule has 1 heterocycles. The van der Waals surface area contributed by atoms with Gasteiger partial charge in [-0.3, -0.25) is 0 Å². The van der Waals surface area contributed by atoms with Crippen LogP contribution in [0.4, 0.5) is 13.2 Å². The van der Waals surface area contributed by atoms with E-state index >= 15 is 0 Å². The van der Waals surface area contributed by atoms with Gasteiger partial charge in [-0.05, 0) is 12.1 Å². The van der Waals surface area contributed by atoms with Crippen LogP contribution in [0.15, 0.2) is 30.0 Å². The minimum absolute atomic E-state index is 0.0315. The Bertz CT molecular complexity index is 509. The molecular formula is C10H7F3N2O. The number of aliphatic hydroxyl groups excluding tert-OH is 1. The number of hydrogen-bond acceptors (Lipinski definition) is 2. The predicted octanol–water partition coefficient (Wildman–Crippen LogP) is 3.02. The molecule has 2 N–H and O–H groups in total. The van der Waals surface area contributed by atoms with Gasteiger partial charge in [-0.25, -0.2) is 4.98 Å². The molecule has 0 saturated carbocycles.